The largest absolute Gasteiger partial charge is 0.349 e. The van der Waals surface area contributed by atoms with Gasteiger partial charge in [-0.1, -0.05) is 30.3 Å². The molecule has 4 nitrogen and oxygen atoms in total. The first kappa shape index (κ1) is 19.1. The second kappa shape index (κ2) is 8.80. The zero-order valence-electron chi connectivity index (χ0n) is 15.6. The van der Waals surface area contributed by atoms with Gasteiger partial charge in [0.2, 0.25) is 5.91 Å². The topological polar surface area (TPSA) is 49.4 Å². The first-order valence-electron chi connectivity index (χ1n) is 9.41. The molecule has 0 bridgehead atoms. The Hall–Kier alpha value is -2.69. The molecule has 1 fully saturated rings. The number of halogens is 1. The van der Waals surface area contributed by atoms with E-state index in [0.717, 1.165) is 24.0 Å². The van der Waals surface area contributed by atoms with E-state index in [9.17, 15) is 14.0 Å². The third kappa shape index (κ3) is 5.16. The van der Waals surface area contributed by atoms with Crippen LogP contribution in [0.25, 0.3) is 0 Å². The SMILES string of the molecule is Cc1ccccc1C(=O)NC1CCN(C(=O)CCc2cccc(F)c2)CC1. The van der Waals surface area contributed by atoms with E-state index in [-0.39, 0.29) is 23.7 Å². The van der Waals surface area contributed by atoms with Gasteiger partial charge in [0, 0.05) is 31.1 Å². The van der Waals surface area contributed by atoms with Crippen molar-refractivity contribution in [3.63, 3.8) is 0 Å². The van der Waals surface area contributed by atoms with Crippen LogP contribution in [0.1, 0.15) is 40.7 Å². The lowest BCUT2D eigenvalue weighted by Gasteiger charge is -2.32. The quantitative estimate of drug-likeness (QED) is 0.878. The van der Waals surface area contributed by atoms with Gasteiger partial charge < -0.3 is 10.2 Å². The molecule has 2 aromatic rings. The minimum atomic E-state index is -0.273. The Bertz CT molecular complexity index is 813. The van der Waals surface area contributed by atoms with Gasteiger partial charge in [-0.2, -0.15) is 0 Å². The Morgan fingerprint density at radius 2 is 1.85 bits per heavy atom. The van der Waals surface area contributed by atoms with Crippen molar-refractivity contribution in [1.29, 1.82) is 0 Å². The van der Waals surface area contributed by atoms with Gasteiger partial charge in [0.25, 0.3) is 5.91 Å². The smallest absolute Gasteiger partial charge is 0.251 e. The molecule has 2 aromatic carbocycles. The van der Waals surface area contributed by atoms with Crippen molar-refractivity contribution >= 4 is 11.8 Å². The summed E-state index contributed by atoms with van der Waals surface area (Å²) in [6, 6.07) is 14.0. The van der Waals surface area contributed by atoms with Crippen molar-refractivity contribution in [2.45, 2.75) is 38.6 Å². The van der Waals surface area contributed by atoms with Gasteiger partial charge in [-0.05, 0) is 55.5 Å². The fourth-order valence-corrected chi connectivity index (χ4v) is 3.47. The minimum absolute atomic E-state index is 0.0519. The average Bonchev–Trinajstić information content (AvgIpc) is 2.67. The number of hydrogen-bond acceptors (Lipinski definition) is 2. The van der Waals surface area contributed by atoms with Crippen LogP contribution in [-0.2, 0) is 11.2 Å². The van der Waals surface area contributed by atoms with E-state index in [4.69, 9.17) is 0 Å². The summed E-state index contributed by atoms with van der Waals surface area (Å²) in [5, 5.41) is 3.08. The number of amides is 2. The van der Waals surface area contributed by atoms with E-state index in [1.54, 1.807) is 6.07 Å². The van der Waals surface area contributed by atoms with Crippen molar-refractivity contribution in [1.82, 2.24) is 10.2 Å². The molecule has 1 saturated heterocycles. The van der Waals surface area contributed by atoms with E-state index in [1.807, 2.05) is 42.2 Å². The Kier molecular flexibility index (Phi) is 6.22. The molecule has 0 saturated carbocycles. The van der Waals surface area contributed by atoms with Crippen LogP contribution in [0.5, 0.6) is 0 Å². The Balaban J connectivity index is 1.45. The highest BCUT2D eigenvalue weighted by molar-refractivity contribution is 5.95. The molecule has 1 aliphatic heterocycles. The first-order chi connectivity index (χ1) is 13.0. The predicted molar refractivity (Wildman–Crippen MR) is 103 cm³/mol. The molecule has 0 spiro atoms. The van der Waals surface area contributed by atoms with Gasteiger partial charge in [-0.3, -0.25) is 9.59 Å². The average molecular weight is 368 g/mol. The molecule has 2 amide bonds. The van der Waals surface area contributed by atoms with Gasteiger partial charge in [-0.25, -0.2) is 4.39 Å². The third-order valence-corrected chi connectivity index (χ3v) is 5.09. The fourth-order valence-electron chi connectivity index (χ4n) is 3.47. The lowest BCUT2D eigenvalue weighted by atomic mass is 10.0. The molecule has 1 N–H and O–H groups in total. The molecule has 1 aliphatic rings. The highest BCUT2D eigenvalue weighted by atomic mass is 19.1. The maximum absolute atomic E-state index is 13.2. The second-order valence-corrected chi connectivity index (χ2v) is 7.07. The summed E-state index contributed by atoms with van der Waals surface area (Å²) < 4.78 is 13.2. The molecule has 142 valence electrons. The summed E-state index contributed by atoms with van der Waals surface area (Å²) in [5.41, 5.74) is 2.50. The second-order valence-electron chi connectivity index (χ2n) is 7.07. The van der Waals surface area contributed by atoms with Crippen LogP contribution in [0.4, 0.5) is 4.39 Å². The number of aryl methyl sites for hydroxylation is 2. The molecule has 5 heteroatoms. The van der Waals surface area contributed by atoms with E-state index < -0.39 is 0 Å². The highest BCUT2D eigenvalue weighted by Gasteiger charge is 2.24. The summed E-state index contributed by atoms with van der Waals surface area (Å²) in [6.07, 6.45) is 2.43. The number of carbonyl (C=O) groups is 2. The maximum Gasteiger partial charge on any atom is 0.251 e. The van der Waals surface area contributed by atoms with Crippen LogP contribution in [0.15, 0.2) is 48.5 Å². The number of piperidine rings is 1. The number of nitrogens with one attached hydrogen (secondary N) is 1. The summed E-state index contributed by atoms with van der Waals surface area (Å²) >= 11 is 0. The Morgan fingerprint density at radius 1 is 1.11 bits per heavy atom. The van der Waals surface area contributed by atoms with Crippen molar-refractivity contribution < 1.29 is 14.0 Å². The number of carbonyl (C=O) groups excluding carboxylic acids is 2. The number of rotatable bonds is 5. The van der Waals surface area contributed by atoms with Gasteiger partial charge in [-0.15, -0.1) is 0 Å². The van der Waals surface area contributed by atoms with E-state index in [2.05, 4.69) is 5.32 Å². The zero-order chi connectivity index (χ0) is 19.2. The molecule has 0 aromatic heterocycles. The van der Waals surface area contributed by atoms with Crippen LogP contribution in [0, 0.1) is 12.7 Å². The van der Waals surface area contributed by atoms with Gasteiger partial charge >= 0.3 is 0 Å². The van der Waals surface area contributed by atoms with Crippen LogP contribution in [0.3, 0.4) is 0 Å². The van der Waals surface area contributed by atoms with Gasteiger partial charge in [0.1, 0.15) is 5.82 Å². The van der Waals surface area contributed by atoms with E-state index in [0.29, 0.717) is 31.5 Å². The number of benzene rings is 2. The van der Waals surface area contributed by atoms with Crippen molar-refractivity contribution in [3.05, 3.63) is 71.0 Å². The normalized spacial score (nSPS) is 14.8. The van der Waals surface area contributed by atoms with Crippen LogP contribution < -0.4 is 5.32 Å². The summed E-state index contributed by atoms with van der Waals surface area (Å²) in [5.74, 6) is -0.239. The van der Waals surface area contributed by atoms with Crippen LogP contribution in [0.2, 0.25) is 0 Å². The lowest BCUT2D eigenvalue weighted by molar-refractivity contribution is -0.132. The molecule has 0 radical (unpaired) electrons. The molecule has 0 atom stereocenters. The zero-order valence-corrected chi connectivity index (χ0v) is 15.6. The molecular weight excluding hydrogens is 343 g/mol. The van der Waals surface area contributed by atoms with E-state index >= 15 is 0 Å². The third-order valence-electron chi connectivity index (χ3n) is 5.09. The van der Waals surface area contributed by atoms with Gasteiger partial charge in [0.15, 0.2) is 0 Å². The molecular formula is C22H25FN2O2. The summed E-state index contributed by atoms with van der Waals surface area (Å²) in [6.45, 7) is 3.20. The Morgan fingerprint density at radius 3 is 2.56 bits per heavy atom. The molecule has 0 aliphatic carbocycles. The molecule has 1 heterocycles. The monoisotopic (exact) mass is 368 g/mol. The van der Waals surface area contributed by atoms with Crippen molar-refractivity contribution in [3.8, 4) is 0 Å². The predicted octanol–water partition coefficient (Wildman–Crippen LogP) is 3.49. The first-order valence-corrected chi connectivity index (χ1v) is 9.41. The number of nitrogens with zero attached hydrogens (tertiary/aromatic N) is 1. The van der Waals surface area contributed by atoms with Gasteiger partial charge in [0.05, 0.1) is 0 Å². The maximum atomic E-state index is 13.2. The van der Waals surface area contributed by atoms with Crippen molar-refractivity contribution in [2.24, 2.45) is 0 Å². The van der Waals surface area contributed by atoms with Crippen LogP contribution >= 0.6 is 0 Å². The molecule has 27 heavy (non-hydrogen) atoms. The molecule has 3 rings (SSSR count). The highest BCUT2D eigenvalue weighted by Crippen LogP contribution is 2.15. The van der Waals surface area contributed by atoms with Crippen LogP contribution in [-0.4, -0.2) is 35.8 Å². The molecule has 0 unspecified atom stereocenters. The lowest BCUT2D eigenvalue weighted by Crippen LogP contribution is -2.46. The Labute approximate surface area is 159 Å². The van der Waals surface area contributed by atoms with E-state index in [1.165, 1.54) is 12.1 Å². The van der Waals surface area contributed by atoms with Crippen molar-refractivity contribution in [2.75, 3.05) is 13.1 Å². The number of likely N-dealkylation sites (tertiary alicyclic amines) is 1. The summed E-state index contributed by atoms with van der Waals surface area (Å²) in [4.78, 5) is 26.7. The minimum Gasteiger partial charge on any atom is -0.349 e. The number of hydrogen-bond donors (Lipinski definition) is 1. The standard InChI is InChI=1S/C22H25FN2O2/c1-16-5-2-3-8-20(16)22(27)24-19-11-13-25(14-12-19)21(26)10-9-17-6-4-7-18(23)15-17/h2-8,15,19H,9-14H2,1H3,(H,24,27). The fraction of sp³-hybridized carbons (Fsp3) is 0.364. The summed E-state index contributed by atoms with van der Waals surface area (Å²) in [7, 11) is 0.